The smallest absolute Gasteiger partial charge is 0.228 e. The van der Waals surface area contributed by atoms with Crippen molar-refractivity contribution in [2.45, 2.75) is 70.6 Å². The van der Waals surface area contributed by atoms with E-state index < -0.39 is 0 Å². The minimum Gasteiger partial charge on any atom is -0.342 e. The van der Waals surface area contributed by atoms with Crippen LogP contribution in [0.1, 0.15) is 73.5 Å². The molecule has 0 radical (unpaired) electrons. The highest BCUT2D eigenvalue weighted by molar-refractivity contribution is 5.95. The van der Waals surface area contributed by atoms with Crippen LogP contribution < -0.4 is 4.90 Å². The van der Waals surface area contributed by atoms with E-state index in [2.05, 4.69) is 12.1 Å². The number of amides is 2. The van der Waals surface area contributed by atoms with Gasteiger partial charge in [0.2, 0.25) is 11.8 Å². The first-order valence-corrected chi connectivity index (χ1v) is 12.6. The van der Waals surface area contributed by atoms with E-state index in [4.69, 9.17) is 9.97 Å². The molecular weight excluding hydrogens is 412 g/mol. The monoisotopic (exact) mass is 446 g/mol. The van der Waals surface area contributed by atoms with Gasteiger partial charge in [0.15, 0.2) is 0 Å². The molecule has 0 N–H and O–H groups in total. The zero-order valence-electron chi connectivity index (χ0n) is 19.6. The number of aryl methyl sites for hydroxylation is 1. The average Bonchev–Trinajstić information content (AvgIpc) is 3.34. The number of carbonyl (C=O) groups excluding carboxylic acids is 2. The van der Waals surface area contributed by atoms with Crippen LogP contribution in [0.4, 0.5) is 5.82 Å². The van der Waals surface area contributed by atoms with Gasteiger partial charge in [0.1, 0.15) is 11.6 Å². The number of rotatable bonds is 5. The van der Waals surface area contributed by atoms with Crippen LogP contribution in [-0.4, -0.2) is 46.3 Å². The molecule has 2 aromatic rings. The minimum absolute atomic E-state index is 0.142. The molecule has 174 valence electrons. The lowest BCUT2D eigenvalue weighted by Gasteiger charge is -2.30. The fourth-order valence-corrected chi connectivity index (χ4v) is 5.68. The largest absolute Gasteiger partial charge is 0.342 e. The lowest BCUT2D eigenvalue weighted by molar-refractivity contribution is -0.135. The molecular formula is C27H34N4O2. The summed E-state index contributed by atoms with van der Waals surface area (Å²) in [5, 5.41) is 0. The summed E-state index contributed by atoms with van der Waals surface area (Å²) in [6.45, 7) is 4.15. The van der Waals surface area contributed by atoms with E-state index in [0.29, 0.717) is 31.8 Å². The first-order chi connectivity index (χ1) is 16.1. The molecule has 1 aliphatic carbocycles. The van der Waals surface area contributed by atoms with Crippen molar-refractivity contribution in [1.29, 1.82) is 0 Å². The Hall–Kier alpha value is -2.76. The fourth-order valence-electron chi connectivity index (χ4n) is 5.68. The number of nitrogens with zero attached hydrogens (tertiary/aromatic N) is 4. The van der Waals surface area contributed by atoms with Gasteiger partial charge in [0.25, 0.3) is 0 Å². The molecule has 1 aromatic carbocycles. The molecule has 1 aromatic heterocycles. The maximum Gasteiger partial charge on any atom is 0.228 e. The van der Waals surface area contributed by atoms with Crippen molar-refractivity contribution in [1.82, 2.24) is 14.9 Å². The number of fused-ring (bicyclic) bond motifs is 1. The van der Waals surface area contributed by atoms with E-state index in [0.717, 1.165) is 55.1 Å². The van der Waals surface area contributed by atoms with Gasteiger partial charge in [-0.25, -0.2) is 9.97 Å². The van der Waals surface area contributed by atoms with Crippen LogP contribution in [0.5, 0.6) is 0 Å². The number of aromatic nitrogens is 2. The van der Waals surface area contributed by atoms with Crippen molar-refractivity contribution in [2.75, 3.05) is 24.5 Å². The van der Waals surface area contributed by atoms with E-state index >= 15 is 0 Å². The van der Waals surface area contributed by atoms with Crippen molar-refractivity contribution >= 4 is 17.6 Å². The maximum atomic E-state index is 13.0. The van der Waals surface area contributed by atoms with Crippen LogP contribution in [0, 0.1) is 12.8 Å². The normalized spacial score (nSPS) is 21.4. The number of carbonyl (C=O) groups is 2. The second-order valence-electron chi connectivity index (χ2n) is 9.86. The van der Waals surface area contributed by atoms with Crippen LogP contribution in [0.3, 0.4) is 0 Å². The molecule has 0 bridgehead atoms. The molecule has 2 amide bonds. The summed E-state index contributed by atoms with van der Waals surface area (Å²) in [7, 11) is 0. The van der Waals surface area contributed by atoms with Gasteiger partial charge < -0.3 is 4.90 Å². The topological polar surface area (TPSA) is 66.4 Å². The van der Waals surface area contributed by atoms with Gasteiger partial charge in [-0.3, -0.25) is 14.5 Å². The number of likely N-dealkylation sites (tertiary alicyclic amines) is 1. The molecule has 5 rings (SSSR count). The predicted molar refractivity (Wildman–Crippen MR) is 128 cm³/mol. The number of benzene rings is 1. The Morgan fingerprint density at radius 3 is 2.61 bits per heavy atom. The Kier molecular flexibility index (Phi) is 6.43. The third-order valence-electron chi connectivity index (χ3n) is 7.64. The fraction of sp³-hybridized carbons (Fsp3) is 0.556. The molecule has 0 unspecified atom stereocenters. The Bertz CT molecular complexity index is 1020. The highest BCUT2D eigenvalue weighted by Gasteiger charge is 2.35. The van der Waals surface area contributed by atoms with Gasteiger partial charge in [-0.2, -0.15) is 0 Å². The van der Waals surface area contributed by atoms with Crippen molar-refractivity contribution in [3.8, 4) is 0 Å². The number of hydrogen-bond acceptors (Lipinski definition) is 4. The van der Waals surface area contributed by atoms with Crippen molar-refractivity contribution < 1.29 is 9.59 Å². The number of hydrogen-bond donors (Lipinski definition) is 0. The standard InChI is InChI=1S/C27H34N4O2/c1-19-23-12-13-24(32)31(17-14-20-8-4-2-5-9-20)26(23)29-25(28-19)22-15-16-30(18-22)27(33)21-10-6-3-7-11-21/h2,4-5,8-9,21-22H,3,6-7,10-18H2,1H3/t22-/m0/s1. The van der Waals surface area contributed by atoms with Gasteiger partial charge in [0, 0.05) is 49.1 Å². The second-order valence-corrected chi connectivity index (χ2v) is 9.86. The lowest BCUT2D eigenvalue weighted by atomic mass is 9.88. The Morgan fingerprint density at radius 2 is 1.82 bits per heavy atom. The van der Waals surface area contributed by atoms with E-state index in [1.165, 1.54) is 24.8 Å². The van der Waals surface area contributed by atoms with Crippen molar-refractivity contribution in [3.05, 3.63) is 53.0 Å². The van der Waals surface area contributed by atoms with Gasteiger partial charge in [-0.05, 0) is 44.6 Å². The predicted octanol–water partition coefficient (Wildman–Crippen LogP) is 4.20. The lowest BCUT2D eigenvalue weighted by Crippen LogP contribution is -2.38. The van der Waals surface area contributed by atoms with Crippen LogP contribution in [-0.2, 0) is 22.4 Å². The summed E-state index contributed by atoms with van der Waals surface area (Å²) in [6, 6.07) is 10.3. The SMILES string of the molecule is Cc1nc([C@H]2CCN(C(=O)C3CCCCC3)C2)nc2c1CCC(=O)N2CCc1ccccc1. The first kappa shape index (κ1) is 22.1. The molecule has 1 saturated heterocycles. The van der Waals surface area contributed by atoms with Crippen LogP contribution in [0.2, 0.25) is 0 Å². The van der Waals surface area contributed by atoms with Crippen LogP contribution in [0.15, 0.2) is 30.3 Å². The third-order valence-corrected chi connectivity index (χ3v) is 7.64. The van der Waals surface area contributed by atoms with Crippen LogP contribution in [0.25, 0.3) is 0 Å². The quantitative estimate of drug-likeness (QED) is 0.690. The molecule has 33 heavy (non-hydrogen) atoms. The van der Waals surface area contributed by atoms with Crippen molar-refractivity contribution in [2.24, 2.45) is 5.92 Å². The van der Waals surface area contributed by atoms with E-state index in [-0.39, 0.29) is 17.7 Å². The summed E-state index contributed by atoms with van der Waals surface area (Å²) in [4.78, 5) is 39.6. The van der Waals surface area contributed by atoms with Crippen molar-refractivity contribution in [3.63, 3.8) is 0 Å². The molecule has 1 atom stereocenters. The average molecular weight is 447 g/mol. The summed E-state index contributed by atoms with van der Waals surface area (Å²) >= 11 is 0. The van der Waals surface area contributed by atoms with Gasteiger partial charge in [-0.15, -0.1) is 0 Å². The Labute approximate surface area is 196 Å². The summed E-state index contributed by atoms with van der Waals surface area (Å²) in [5.41, 5.74) is 3.29. The molecule has 3 aliphatic rings. The summed E-state index contributed by atoms with van der Waals surface area (Å²) < 4.78 is 0. The van der Waals surface area contributed by atoms with E-state index in [9.17, 15) is 9.59 Å². The summed E-state index contributed by atoms with van der Waals surface area (Å²) in [6.07, 6.45) is 8.60. The molecule has 0 spiro atoms. The van der Waals surface area contributed by atoms with E-state index in [1.54, 1.807) is 0 Å². The Morgan fingerprint density at radius 1 is 1.03 bits per heavy atom. The molecule has 3 heterocycles. The molecule has 1 saturated carbocycles. The third kappa shape index (κ3) is 4.66. The first-order valence-electron chi connectivity index (χ1n) is 12.6. The second kappa shape index (κ2) is 9.62. The van der Waals surface area contributed by atoms with Gasteiger partial charge in [-0.1, -0.05) is 49.6 Å². The highest BCUT2D eigenvalue weighted by atomic mass is 16.2. The van der Waals surface area contributed by atoms with Gasteiger partial charge >= 0.3 is 0 Å². The molecule has 2 fully saturated rings. The Balaban J connectivity index is 1.33. The molecule has 2 aliphatic heterocycles. The van der Waals surface area contributed by atoms with Crippen LogP contribution >= 0.6 is 0 Å². The minimum atomic E-state index is 0.142. The van der Waals surface area contributed by atoms with E-state index in [1.807, 2.05) is 34.9 Å². The maximum absolute atomic E-state index is 13.0. The summed E-state index contributed by atoms with van der Waals surface area (Å²) in [5.74, 6) is 2.41. The highest BCUT2D eigenvalue weighted by Crippen LogP contribution is 2.34. The van der Waals surface area contributed by atoms with Gasteiger partial charge in [0.05, 0.1) is 0 Å². The zero-order valence-corrected chi connectivity index (χ0v) is 19.6. The molecule has 6 heteroatoms. The molecule has 6 nitrogen and oxygen atoms in total. The number of anilines is 1. The zero-order chi connectivity index (χ0) is 22.8.